The average Bonchev–Trinajstić information content (AvgIpc) is 3.26. The Labute approximate surface area is 188 Å². The Kier molecular flexibility index (Phi) is 7.70. The van der Waals surface area contributed by atoms with Crippen LogP contribution in [0.3, 0.4) is 0 Å². The van der Waals surface area contributed by atoms with Gasteiger partial charge in [-0.15, -0.1) is 0 Å². The van der Waals surface area contributed by atoms with Gasteiger partial charge in [0.2, 0.25) is 5.91 Å². The van der Waals surface area contributed by atoms with Crippen LogP contribution in [0.2, 0.25) is 0 Å². The number of hydrogen-bond acceptors (Lipinski definition) is 4. The summed E-state index contributed by atoms with van der Waals surface area (Å²) in [6.45, 7) is 2.61. The highest BCUT2D eigenvalue weighted by molar-refractivity contribution is 5.78. The van der Waals surface area contributed by atoms with Crippen molar-refractivity contribution in [2.75, 3.05) is 26.8 Å². The lowest BCUT2D eigenvalue weighted by molar-refractivity contribution is -0.192. The Morgan fingerprint density at radius 3 is 2.39 bits per heavy atom. The number of halogens is 4. The molecule has 1 heterocycles. The Morgan fingerprint density at radius 1 is 1.12 bits per heavy atom. The molecule has 4 rings (SSSR count). The van der Waals surface area contributed by atoms with Crippen molar-refractivity contribution in [2.45, 2.75) is 24.7 Å². The summed E-state index contributed by atoms with van der Waals surface area (Å²) in [6.07, 6.45) is -5.08. The van der Waals surface area contributed by atoms with Gasteiger partial charge < -0.3 is 15.2 Å². The predicted octanol–water partition coefficient (Wildman–Crippen LogP) is 3.49. The number of carboxylic acids is 1. The molecule has 0 unspecified atom stereocenters. The van der Waals surface area contributed by atoms with E-state index in [4.69, 9.17) is 14.6 Å². The van der Waals surface area contributed by atoms with Crippen molar-refractivity contribution in [1.82, 2.24) is 10.2 Å². The number of benzene rings is 2. The molecule has 0 radical (unpaired) electrons. The van der Waals surface area contributed by atoms with E-state index >= 15 is 0 Å². The lowest BCUT2D eigenvalue weighted by Gasteiger charge is -2.23. The number of rotatable bonds is 5. The van der Waals surface area contributed by atoms with Crippen LogP contribution in [0.4, 0.5) is 17.6 Å². The second-order valence-corrected chi connectivity index (χ2v) is 8.00. The van der Waals surface area contributed by atoms with Crippen LogP contribution in [0.25, 0.3) is 0 Å². The van der Waals surface area contributed by atoms with Crippen LogP contribution in [-0.4, -0.2) is 54.9 Å². The number of nitrogens with zero attached hydrogens (tertiary/aromatic N) is 1. The Morgan fingerprint density at radius 2 is 1.79 bits per heavy atom. The van der Waals surface area contributed by atoms with Crippen LogP contribution >= 0.6 is 0 Å². The first-order valence-electron chi connectivity index (χ1n) is 10.2. The highest BCUT2D eigenvalue weighted by Crippen LogP contribution is 2.49. The van der Waals surface area contributed by atoms with Crippen LogP contribution < -0.4 is 5.32 Å². The van der Waals surface area contributed by atoms with Crippen molar-refractivity contribution < 1.29 is 37.0 Å². The third kappa shape index (κ3) is 6.08. The molecule has 2 aliphatic rings. The van der Waals surface area contributed by atoms with E-state index in [0.29, 0.717) is 11.8 Å². The molecule has 0 bridgehead atoms. The molecule has 1 saturated heterocycles. The molecule has 3 atom stereocenters. The molecule has 2 N–H and O–H groups in total. The summed E-state index contributed by atoms with van der Waals surface area (Å²) >= 11 is 0. The Hall–Kier alpha value is -2.98. The molecule has 33 heavy (non-hydrogen) atoms. The number of alkyl halides is 3. The third-order valence-electron chi connectivity index (χ3n) is 5.73. The molecule has 2 aromatic rings. The van der Waals surface area contributed by atoms with E-state index in [2.05, 4.69) is 28.4 Å². The minimum Gasteiger partial charge on any atom is -0.475 e. The first-order chi connectivity index (χ1) is 15.6. The SMILES string of the molecule is COCC(=O)N[C@@H]1c2ccccc2[C@@H]2CN(Cc3cccc(F)c3)C[C@H]12.O=C(O)C(F)(F)F. The number of likely N-dealkylation sites (tertiary alicyclic amines) is 1. The first-order valence-corrected chi connectivity index (χ1v) is 10.2. The lowest BCUT2D eigenvalue weighted by atomic mass is 9.94. The summed E-state index contributed by atoms with van der Waals surface area (Å²) in [5, 5.41) is 10.3. The van der Waals surface area contributed by atoms with Crippen molar-refractivity contribution in [3.63, 3.8) is 0 Å². The number of carboxylic acid groups (broad SMARTS) is 1. The Bertz CT molecular complexity index is 998. The lowest BCUT2D eigenvalue weighted by Crippen LogP contribution is -2.35. The third-order valence-corrected chi connectivity index (χ3v) is 5.73. The Balaban J connectivity index is 0.000000383. The van der Waals surface area contributed by atoms with Crippen LogP contribution in [0.1, 0.15) is 28.7 Å². The summed E-state index contributed by atoms with van der Waals surface area (Å²) < 4.78 is 50.2. The number of hydrogen-bond donors (Lipinski definition) is 2. The van der Waals surface area contributed by atoms with Crippen molar-refractivity contribution in [3.8, 4) is 0 Å². The van der Waals surface area contributed by atoms with Crippen LogP contribution in [0, 0.1) is 11.7 Å². The number of carbonyl (C=O) groups excluding carboxylic acids is 1. The fraction of sp³-hybridized carbons (Fsp3) is 0.391. The zero-order chi connectivity index (χ0) is 24.2. The number of nitrogens with one attached hydrogen (secondary N) is 1. The van der Waals surface area contributed by atoms with E-state index in [1.807, 2.05) is 12.1 Å². The highest BCUT2D eigenvalue weighted by Gasteiger charge is 2.46. The number of fused-ring (bicyclic) bond motifs is 3. The number of amides is 1. The van der Waals surface area contributed by atoms with Crippen molar-refractivity contribution in [3.05, 3.63) is 71.0 Å². The van der Waals surface area contributed by atoms with Gasteiger partial charge in [-0.2, -0.15) is 13.2 Å². The van der Waals surface area contributed by atoms with E-state index in [1.54, 1.807) is 12.1 Å². The zero-order valence-corrected chi connectivity index (χ0v) is 17.8. The molecule has 1 aliphatic carbocycles. The van der Waals surface area contributed by atoms with E-state index in [0.717, 1.165) is 25.2 Å². The molecular formula is C23H24F4N2O4. The maximum atomic E-state index is 13.5. The minimum absolute atomic E-state index is 0.0105. The number of aliphatic carboxylic acids is 1. The quantitative estimate of drug-likeness (QED) is 0.657. The fourth-order valence-corrected chi connectivity index (χ4v) is 4.50. The smallest absolute Gasteiger partial charge is 0.475 e. The monoisotopic (exact) mass is 468 g/mol. The van der Waals surface area contributed by atoms with E-state index in [1.165, 1.54) is 24.3 Å². The van der Waals surface area contributed by atoms with Gasteiger partial charge >= 0.3 is 12.1 Å². The molecule has 10 heteroatoms. The number of ether oxygens (including phenoxy) is 1. The standard InChI is InChI=1S/C21H23FN2O2.C2HF3O2/c1-26-13-20(25)23-21-17-8-3-2-7-16(17)18-11-24(12-19(18)21)10-14-5-4-6-15(22)9-14;3-2(4,5)1(6)7/h2-9,18-19,21H,10-13H2,1H3,(H,23,25);(H,6,7)/t18-,19-,21+;/m0./s1. The molecule has 2 aromatic carbocycles. The maximum Gasteiger partial charge on any atom is 0.490 e. The van der Waals surface area contributed by atoms with Gasteiger partial charge in [-0.3, -0.25) is 9.69 Å². The summed E-state index contributed by atoms with van der Waals surface area (Å²) in [7, 11) is 1.53. The van der Waals surface area contributed by atoms with Crippen molar-refractivity contribution in [1.29, 1.82) is 0 Å². The molecule has 0 aromatic heterocycles. The molecule has 1 aliphatic heterocycles. The van der Waals surface area contributed by atoms with Crippen molar-refractivity contribution in [2.24, 2.45) is 5.92 Å². The minimum atomic E-state index is -5.08. The van der Waals surface area contributed by atoms with Gasteiger partial charge in [0.15, 0.2) is 0 Å². The van der Waals surface area contributed by atoms with Crippen LogP contribution in [0.5, 0.6) is 0 Å². The molecule has 1 fully saturated rings. The first kappa shape index (κ1) is 24.7. The van der Waals surface area contributed by atoms with Gasteiger partial charge in [0.25, 0.3) is 0 Å². The van der Waals surface area contributed by atoms with Crippen LogP contribution in [-0.2, 0) is 20.9 Å². The van der Waals surface area contributed by atoms with Gasteiger partial charge in [-0.1, -0.05) is 36.4 Å². The summed E-state index contributed by atoms with van der Waals surface area (Å²) in [4.78, 5) is 23.4. The van der Waals surface area contributed by atoms with Gasteiger partial charge in [-0.05, 0) is 28.8 Å². The molecule has 1 amide bonds. The van der Waals surface area contributed by atoms with Gasteiger partial charge in [0, 0.05) is 38.6 Å². The van der Waals surface area contributed by atoms with E-state index in [9.17, 15) is 22.4 Å². The molecule has 0 spiro atoms. The normalized spacial score (nSPS) is 21.5. The topological polar surface area (TPSA) is 78.9 Å². The number of methoxy groups -OCH3 is 1. The average molecular weight is 468 g/mol. The summed E-state index contributed by atoms with van der Waals surface area (Å²) in [5.74, 6) is -2.31. The summed E-state index contributed by atoms with van der Waals surface area (Å²) in [6, 6.07) is 15.2. The van der Waals surface area contributed by atoms with Gasteiger partial charge in [0.1, 0.15) is 12.4 Å². The fourth-order valence-electron chi connectivity index (χ4n) is 4.50. The second kappa shape index (κ2) is 10.3. The van der Waals surface area contributed by atoms with Gasteiger partial charge in [0.05, 0.1) is 6.04 Å². The maximum absolute atomic E-state index is 13.5. The molecule has 6 nitrogen and oxygen atoms in total. The van der Waals surface area contributed by atoms with E-state index in [-0.39, 0.29) is 24.4 Å². The molecular weight excluding hydrogens is 444 g/mol. The largest absolute Gasteiger partial charge is 0.490 e. The number of carbonyl (C=O) groups is 2. The molecule has 178 valence electrons. The second-order valence-electron chi connectivity index (χ2n) is 8.00. The molecule has 0 saturated carbocycles. The summed E-state index contributed by atoms with van der Waals surface area (Å²) in [5.41, 5.74) is 3.53. The predicted molar refractivity (Wildman–Crippen MR) is 111 cm³/mol. The van der Waals surface area contributed by atoms with Gasteiger partial charge in [-0.25, -0.2) is 9.18 Å². The highest BCUT2D eigenvalue weighted by atomic mass is 19.4. The van der Waals surface area contributed by atoms with E-state index < -0.39 is 12.1 Å². The van der Waals surface area contributed by atoms with Crippen molar-refractivity contribution >= 4 is 11.9 Å². The van der Waals surface area contributed by atoms with Crippen LogP contribution in [0.15, 0.2) is 48.5 Å². The zero-order valence-electron chi connectivity index (χ0n) is 17.8.